The normalized spacial score (nSPS) is 11.0. The maximum absolute atomic E-state index is 13.7. The van der Waals surface area contributed by atoms with Crippen molar-refractivity contribution in [1.29, 1.82) is 0 Å². The predicted molar refractivity (Wildman–Crippen MR) is 62.7 cm³/mol. The van der Waals surface area contributed by atoms with Gasteiger partial charge in [0, 0.05) is 11.6 Å². The number of carbonyl (C=O) groups is 1. The molecule has 2 rings (SSSR count). The first-order chi connectivity index (χ1) is 8.90. The molecule has 1 heterocycles. The van der Waals surface area contributed by atoms with Gasteiger partial charge in [0.25, 0.3) is 0 Å². The van der Waals surface area contributed by atoms with Crippen molar-refractivity contribution in [2.24, 2.45) is 0 Å². The fourth-order valence-corrected chi connectivity index (χ4v) is 1.56. The van der Waals surface area contributed by atoms with Gasteiger partial charge in [0.15, 0.2) is 5.69 Å². The Balaban J connectivity index is 2.63. The van der Waals surface area contributed by atoms with Gasteiger partial charge in [-0.05, 0) is 26.0 Å². The molecule has 0 fully saturated rings. The van der Waals surface area contributed by atoms with Crippen LogP contribution in [0.4, 0.5) is 8.78 Å². The first-order valence-corrected chi connectivity index (χ1v) is 5.55. The van der Waals surface area contributed by atoms with Crippen LogP contribution in [0, 0.1) is 11.6 Å². The third kappa shape index (κ3) is 2.44. The Morgan fingerprint density at radius 3 is 2.53 bits per heavy atom. The van der Waals surface area contributed by atoms with Gasteiger partial charge in [-0.1, -0.05) is 0 Å². The molecule has 2 aromatic rings. The molecule has 100 valence electrons. The van der Waals surface area contributed by atoms with E-state index >= 15 is 0 Å². The van der Waals surface area contributed by atoms with Gasteiger partial charge in [-0.2, -0.15) is 9.90 Å². The second-order valence-corrected chi connectivity index (χ2v) is 4.24. The third-order valence-corrected chi connectivity index (χ3v) is 2.48. The van der Waals surface area contributed by atoms with Gasteiger partial charge in [0.2, 0.25) is 0 Å². The second kappa shape index (κ2) is 4.75. The van der Waals surface area contributed by atoms with Crippen LogP contribution in [-0.2, 0) is 0 Å². The van der Waals surface area contributed by atoms with E-state index in [2.05, 4.69) is 10.2 Å². The number of aromatic nitrogens is 3. The number of rotatable bonds is 3. The fraction of sp³-hybridized carbons (Fsp3) is 0.250. The number of halogens is 2. The average molecular weight is 267 g/mol. The Bertz CT molecular complexity index is 638. The zero-order valence-corrected chi connectivity index (χ0v) is 10.3. The van der Waals surface area contributed by atoms with Crippen LogP contribution < -0.4 is 0 Å². The number of carboxylic acids is 1. The smallest absolute Gasteiger partial charge is 0.358 e. The zero-order chi connectivity index (χ0) is 14.2. The highest BCUT2D eigenvalue weighted by Gasteiger charge is 2.22. The van der Waals surface area contributed by atoms with E-state index in [4.69, 9.17) is 5.11 Å². The van der Waals surface area contributed by atoms with E-state index < -0.39 is 17.6 Å². The summed E-state index contributed by atoms with van der Waals surface area (Å²) in [5.41, 5.74) is -0.566. The molecule has 1 aromatic heterocycles. The Morgan fingerprint density at radius 1 is 1.32 bits per heavy atom. The quantitative estimate of drug-likeness (QED) is 0.927. The fourth-order valence-electron chi connectivity index (χ4n) is 1.56. The molecule has 0 bridgehead atoms. The molecule has 0 amide bonds. The van der Waals surface area contributed by atoms with Crippen molar-refractivity contribution in [3.05, 3.63) is 35.5 Å². The van der Waals surface area contributed by atoms with Crippen molar-refractivity contribution in [2.45, 2.75) is 19.9 Å². The highest BCUT2D eigenvalue weighted by Crippen LogP contribution is 2.25. The second-order valence-electron chi connectivity index (χ2n) is 4.24. The summed E-state index contributed by atoms with van der Waals surface area (Å²) in [4.78, 5) is 12.3. The van der Waals surface area contributed by atoms with Gasteiger partial charge < -0.3 is 5.11 Å². The minimum atomic E-state index is -1.31. The molecule has 5 nitrogen and oxygen atoms in total. The van der Waals surface area contributed by atoms with Gasteiger partial charge in [0.05, 0.1) is 6.04 Å². The van der Waals surface area contributed by atoms with Crippen molar-refractivity contribution in [3.8, 4) is 11.3 Å². The van der Waals surface area contributed by atoms with E-state index in [1.807, 2.05) is 0 Å². The number of carboxylic acid groups (broad SMARTS) is 1. The largest absolute Gasteiger partial charge is 0.476 e. The lowest BCUT2D eigenvalue weighted by Gasteiger charge is -2.01. The van der Waals surface area contributed by atoms with Gasteiger partial charge in [0.1, 0.15) is 17.3 Å². The van der Waals surface area contributed by atoms with Crippen LogP contribution >= 0.6 is 0 Å². The first kappa shape index (κ1) is 13.1. The Kier molecular flexibility index (Phi) is 3.28. The molecule has 0 saturated carbocycles. The molecule has 1 N–H and O–H groups in total. The Labute approximate surface area is 107 Å². The van der Waals surface area contributed by atoms with Crippen LogP contribution in [0.2, 0.25) is 0 Å². The molecule has 19 heavy (non-hydrogen) atoms. The molecule has 0 aliphatic rings. The van der Waals surface area contributed by atoms with Crippen LogP contribution in [0.1, 0.15) is 30.4 Å². The molecular weight excluding hydrogens is 256 g/mol. The molecule has 0 radical (unpaired) electrons. The third-order valence-electron chi connectivity index (χ3n) is 2.48. The monoisotopic (exact) mass is 267 g/mol. The summed E-state index contributed by atoms with van der Waals surface area (Å²) in [6.07, 6.45) is 0. The van der Waals surface area contributed by atoms with Gasteiger partial charge in [-0.15, -0.1) is 5.10 Å². The summed E-state index contributed by atoms with van der Waals surface area (Å²) in [6, 6.07) is 2.69. The van der Waals surface area contributed by atoms with Crippen LogP contribution in [-0.4, -0.2) is 26.1 Å². The summed E-state index contributed by atoms with van der Waals surface area (Å²) in [6.45, 7) is 3.52. The molecule has 0 atom stereocenters. The standard InChI is InChI=1S/C12H11F2N3O2/c1-6(2)17-15-10(11(16-17)12(18)19)8-4-3-7(13)5-9(8)14/h3-6H,1-2H3,(H,18,19). The van der Waals surface area contributed by atoms with Crippen LogP contribution in [0.5, 0.6) is 0 Å². The Morgan fingerprint density at radius 2 is 2.00 bits per heavy atom. The summed E-state index contributed by atoms with van der Waals surface area (Å²) in [7, 11) is 0. The van der Waals surface area contributed by atoms with E-state index in [0.29, 0.717) is 6.07 Å². The summed E-state index contributed by atoms with van der Waals surface area (Å²) in [5.74, 6) is -2.93. The molecular formula is C12H11F2N3O2. The van der Waals surface area contributed by atoms with Crippen molar-refractivity contribution in [1.82, 2.24) is 15.0 Å². The van der Waals surface area contributed by atoms with E-state index in [0.717, 1.165) is 12.1 Å². The number of aromatic carboxylic acids is 1. The number of nitrogens with zero attached hydrogens (tertiary/aromatic N) is 3. The minimum absolute atomic E-state index is 0.0919. The summed E-state index contributed by atoms with van der Waals surface area (Å²) < 4.78 is 26.5. The van der Waals surface area contributed by atoms with Gasteiger partial charge in [-0.3, -0.25) is 0 Å². The lowest BCUT2D eigenvalue weighted by atomic mass is 10.1. The van der Waals surface area contributed by atoms with Crippen LogP contribution in [0.3, 0.4) is 0 Å². The van der Waals surface area contributed by atoms with Crippen molar-refractivity contribution < 1.29 is 18.7 Å². The predicted octanol–water partition coefficient (Wildman–Crippen LogP) is 2.50. The maximum atomic E-state index is 13.7. The van der Waals surface area contributed by atoms with Gasteiger partial charge in [-0.25, -0.2) is 13.6 Å². The highest BCUT2D eigenvalue weighted by atomic mass is 19.1. The minimum Gasteiger partial charge on any atom is -0.476 e. The SMILES string of the molecule is CC(C)n1nc(C(=O)O)c(-c2ccc(F)cc2F)n1. The van der Waals surface area contributed by atoms with Crippen molar-refractivity contribution >= 4 is 5.97 Å². The van der Waals surface area contributed by atoms with Crippen molar-refractivity contribution in [3.63, 3.8) is 0 Å². The van der Waals surface area contributed by atoms with E-state index in [-0.39, 0.29) is 23.0 Å². The summed E-state index contributed by atoms with van der Waals surface area (Å²) >= 11 is 0. The van der Waals surface area contributed by atoms with E-state index in [1.165, 1.54) is 4.80 Å². The molecule has 0 aliphatic heterocycles. The molecule has 0 spiro atoms. The molecule has 7 heteroatoms. The first-order valence-electron chi connectivity index (χ1n) is 5.55. The lowest BCUT2D eigenvalue weighted by molar-refractivity contribution is 0.0690. The van der Waals surface area contributed by atoms with Crippen molar-refractivity contribution in [2.75, 3.05) is 0 Å². The molecule has 1 aromatic carbocycles. The highest BCUT2D eigenvalue weighted by molar-refractivity contribution is 5.92. The lowest BCUT2D eigenvalue weighted by Crippen LogP contribution is -2.06. The number of hydrogen-bond acceptors (Lipinski definition) is 3. The molecule has 0 aliphatic carbocycles. The Hall–Kier alpha value is -2.31. The van der Waals surface area contributed by atoms with Crippen LogP contribution in [0.15, 0.2) is 18.2 Å². The zero-order valence-electron chi connectivity index (χ0n) is 10.3. The summed E-state index contributed by atoms with van der Waals surface area (Å²) in [5, 5.41) is 16.8. The van der Waals surface area contributed by atoms with E-state index in [1.54, 1.807) is 13.8 Å². The molecule has 0 unspecified atom stereocenters. The number of hydrogen-bond donors (Lipinski definition) is 1. The van der Waals surface area contributed by atoms with E-state index in [9.17, 15) is 13.6 Å². The molecule has 0 saturated heterocycles. The topological polar surface area (TPSA) is 68.0 Å². The number of benzene rings is 1. The maximum Gasteiger partial charge on any atom is 0.358 e. The van der Waals surface area contributed by atoms with Crippen LogP contribution in [0.25, 0.3) is 11.3 Å². The average Bonchev–Trinajstić information content (AvgIpc) is 2.73. The van der Waals surface area contributed by atoms with Gasteiger partial charge >= 0.3 is 5.97 Å².